The normalized spacial score (nSPS) is 13.5. The van der Waals surface area contributed by atoms with Crippen LogP contribution in [-0.2, 0) is 28.6 Å². The van der Waals surface area contributed by atoms with Gasteiger partial charge in [0.25, 0.3) is 0 Å². The molecule has 0 fully saturated rings. The van der Waals surface area contributed by atoms with E-state index in [0.29, 0.717) is 12.8 Å². The molecule has 0 radical (unpaired) electrons. The van der Waals surface area contributed by atoms with E-state index in [-0.39, 0.29) is 49.1 Å². The van der Waals surface area contributed by atoms with Crippen molar-refractivity contribution < 1.29 is 38.2 Å². The van der Waals surface area contributed by atoms with E-state index in [1.807, 2.05) is 0 Å². The molecule has 0 rings (SSSR count). The monoisotopic (exact) mass is 896 g/mol. The summed E-state index contributed by atoms with van der Waals surface area (Å²) in [7, 11) is 5.39. The van der Waals surface area contributed by atoms with Gasteiger partial charge in [0, 0.05) is 19.3 Å². The minimum absolute atomic E-state index is 0.0184. The van der Waals surface area contributed by atoms with E-state index in [2.05, 4.69) is 86.8 Å². The van der Waals surface area contributed by atoms with Gasteiger partial charge in [-0.2, -0.15) is 0 Å². The number of unbranched alkanes of at least 4 members (excludes halogenated alkanes) is 20. The lowest BCUT2D eigenvalue weighted by atomic mass is 10.0. The molecule has 0 aromatic heterocycles. The van der Waals surface area contributed by atoms with Gasteiger partial charge in [-0.05, 0) is 77.0 Å². The lowest BCUT2D eigenvalue weighted by Gasteiger charge is -2.34. The first kappa shape index (κ1) is 60.8. The van der Waals surface area contributed by atoms with Gasteiger partial charge in [0.15, 0.2) is 6.10 Å². The van der Waals surface area contributed by atoms with Crippen molar-refractivity contribution in [1.82, 2.24) is 0 Å². The Hall–Kier alpha value is -3.23. The minimum Gasteiger partial charge on any atom is -0.544 e. The number of carboxylic acids is 1. The zero-order valence-corrected chi connectivity index (χ0v) is 41.9. The summed E-state index contributed by atoms with van der Waals surface area (Å²) in [6, 6.07) is -0.739. The molecule has 0 aliphatic heterocycles. The van der Waals surface area contributed by atoms with Crippen LogP contribution in [0.5, 0.6) is 0 Å². The maximum absolute atomic E-state index is 12.8. The van der Waals surface area contributed by atoms with E-state index in [4.69, 9.17) is 14.2 Å². The Labute approximate surface area is 393 Å². The van der Waals surface area contributed by atoms with Crippen LogP contribution in [0.4, 0.5) is 0 Å². The molecule has 8 nitrogen and oxygen atoms in total. The maximum Gasteiger partial charge on any atom is 0.306 e. The standard InChI is InChI=1S/C56H97NO7/c1-6-8-10-12-14-16-18-20-22-24-25-26-27-28-29-31-33-35-37-39-41-43-45-47-55(59)64-52(50-62-49-48-53(56(60)61)57(3,4)5)51-63-54(58)46-44-42-40-38-36-34-32-30-23-21-19-17-15-13-11-9-7-2/h9,11,15,17,21,23,28-29,32,34,38,40,52-53H,6-8,10,12-14,16,18-20,22,24-27,30-31,33,35-37,39,41-51H2,1-5H3/b11-9+,17-15+,23-21+,29-28+,34-32+,40-38+. The Morgan fingerprint density at radius 3 is 1.36 bits per heavy atom. The summed E-state index contributed by atoms with van der Waals surface area (Å²) in [6.45, 7) is 4.50. The van der Waals surface area contributed by atoms with Gasteiger partial charge in [0.2, 0.25) is 0 Å². The molecule has 2 atom stereocenters. The van der Waals surface area contributed by atoms with Crippen LogP contribution >= 0.6 is 0 Å². The lowest BCUT2D eigenvalue weighted by Crippen LogP contribution is -2.55. The van der Waals surface area contributed by atoms with Crippen molar-refractivity contribution >= 4 is 17.9 Å². The molecule has 0 heterocycles. The van der Waals surface area contributed by atoms with E-state index in [9.17, 15) is 19.5 Å². The number of aliphatic carboxylic acids is 1. The highest BCUT2D eigenvalue weighted by Gasteiger charge is 2.25. The molecule has 0 saturated carbocycles. The number of carbonyl (C=O) groups is 3. The van der Waals surface area contributed by atoms with E-state index in [1.165, 1.54) is 116 Å². The third-order valence-electron chi connectivity index (χ3n) is 11.3. The molecule has 2 unspecified atom stereocenters. The number of carbonyl (C=O) groups excluding carboxylic acids is 3. The Morgan fingerprint density at radius 1 is 0.484 bits per heavy atom. The molecule has 0 spiro atoms. The number of hydrogen-bond acceptors (Lipinski definition) is 7. The van der Waals surface area contributed by atoms with Crippen LogP contribution in [0, 0.1) is 0 Å². The molecule has 0 aliphatic carbocycles. The molecule has 8 heteroatoms. The number of allylic oxidation sites excluding steroid dienone is 12. The van der Waals surface area contributed by atoms with Gasteiger partial charge in [0.05, 0.1) is 40.3 Å². The average Bonchev–Trinajstić information content (AvgIpc) is 3.26. The van der Waals surface area contributed by atoms with Crippen LogP contribution in [0.2, 0.25) is 0 Å². The molecular formula is C56H97NO7. The Balaban J connectivity index is 4.30. The van der Waals surface area contributed by atoms with Crippen molar-refractivity contribution in [3.63, 3.8) is 0 Å². The van der Waals surface area contributed by atoms with E-state index in [0.717, 1.165) is 57.8 Å². The molecule has 0 aliphatic rings. The third-order valence-corrected chi connectivity index (χ3v) is 11.3. The first-order valence-electron chi connectivity index (χ1n) is 26.0. The summed E-state index contributed by atoms with van der Waals surface area (Å²) < 4.78 is 17.2. The molecule has 64 heavy (non-hydrogen) atoms. The van der Waals surface area contributed by atoms with E-state index in [1.54, 1.807) is 21.1 Å². The highest BCUT2D eigenvalue weighted by atomic mass is 16.6. The number of hydrogen-bond donors (Lipinski definition) is 0. The van der Waals surface area contributed by atoms with Crippen molar-refractivity contribution in [2.24, 2.45) is 0 Å². The number of likely N-dealkylation sites (N-methyl/N-ethyl adjacent to an activating group) is 1. The van der Waals surface area contributed by atoms with Gasteiger partial charge >= 0.3 is 11.9 Å². The second kappa shape index (κ2) is 46.3. The highest BCUT2D eigenvalue weighted by Crippen LogP contribution is 2.15. The van der Waals surface area contributed by atoms with Crippen LogP contribution in [0.3, 0.4) is 0 Å². The van der Waals surface area contributed by atoms with Crippen LogP contribution in [-0.4, -0.2) is 75.5 Å². The second-order valence-electron chi connectivity index (χ2n) is 18.4. The third kappa shape index (κ3) is 44.0. The smallest absolute Gasteiger partial charge is 0.306 e. The predicted octanol–water partition coefficient (Wildman–Crippen LogP) is 13.8. The number of carboxylic acid groups (broad SMARTS) is 1. The van der Waals surface area contributed by atoms with Gasteiger partial charge in [0.1, 0.15) is 12.6 Å². The summed E-state index contributed by atoms with van der Waals surface area (Å²) in [5.41, 5.74) is 0. The van der Waals surface area contributed by atoms with E-state index < -0.39 is 18.1 Å². The van der Waals surface area contributed by atoms with Gasteiger partial charge in [-0.1, -0.05) is 189 Å². The molecule has 0 bridgehead atoms. The molecule has 368 valence electrons. The number of nitrogens with zero attached hydrogens (tertiary/aromatic N) is 1. The zero-order valence-electron chi connectivity index (χ0n) is 41.9. The summed E-state index contributed by atoms with van der Waals surface area (Å²) in [5.74, 6) is -1.82. The first-order valence-corrected chi connectivity index (χ1v) is 26.0. The van der Waals surface area contributed by atoms with Crippen molar-refractivity contribution in [2.45, 2.75) is 225 Å². The van der Waals surface area contributed by atoms with Crippen LogP contribution in [0.15, 0.2) is 72.9 Å². The number of rotatable bonds is 46. The molecule has 0 N–H and O–H groups in total. The van der Waals surface area contributed by atoms with Crippen LogP contribution < -0.4 is 5.11 Å². The fraction of sp³-hybridized carbons (Fsp3) is 0.732. The molecule has 0 saturated heterocycles. The van der Waals surface area contributed by atoms with Gasteiger partial charge in [-0.3, -0.25) is 9.59 Å². The SMILES string of the molecule is CC/C=C/C/C=C/C/C=C/C/C=C/C/C=C/CCCC(=O)OCC(COCCC(C(=O)[O-])[N+](C)(C)C)OC(=O)CCCCCCCCC/C=C/CCCCCCCCCCCCCC. The zero-order chi connectivity index (χ0) is 47.0. The topological polar surface area (TPSA) is 102 Å². The minimum atomic E-state index is -1.13. The summed E-state index contributed by atoms with van der Waals surface area (Å²) in [5, 5.41) is 11.7. The lowest BCUT2D eigenvalue weighted by molar-refractivity contribution is -0.889. The number of ether oxygens (including phenoxy) is 3. The van der Waals surface area contributed by atoms with E-state index >= 15 is 0 Å². The first-order chi connectivity index (χ1) is 31.1. The summed E-state index contributed by atoms with van der Waals surface area (Å²) >= 11 is 0. The fourth-order valence-corrected chi connectivity index (χ4v) is 7.34. The number of esters is 2. The van der Waals surface area contributed by atoms with Crippen molar-refractivity contribution in [1.29, 1.82) is 0 Å². The number of quaternary nitrogens is 1. The van der Waals surface area contributed by atoms with Crippen LogP contribution in [0.25, 0.3) is 0 Å². The van der Waals surface area contributed by atoms with Gasteiger partial charge in [-0.15, -0.1) is 0 Å². The van der Waals surface area contributed by atoms with Gasteiger partial charge in [-0.25, -0.2) is 0 Å². The fourth-order valence-electron chi connectivity index (χ4n) is 7.34. The maximum atomic E-state index is 12.8. The second-order valence-corrected chi connectivity index (χ2v) is 18.4. The van der Waals surface area contributed by atoms with Crippen molar-refractivity contribution in [2.75, 3.05) is 41.0 Å². The largest absolute Gasteiger partial charge is 0.544 e. The van der Waals surface area contributed by atoms with Crippen molar-refractivity contribution in [3.8, 4) is 0 Å². The average molecular weight is 896 g/mol. The van der Waals surface area contributed by atoms with Crippen LogP contribution in [0.1, 0.15) is 213 Å². The van der Waals surface area contributed by atoms with Gasteiger partial charge < -0.3 is 28.6 Å². The summed E-state index contributed by atoms with van der Waals surface area (Å²) in [6.07, 6.45) is 59.5. The Kier molecular flexibility index (Phi) is 44.0. The Morgan fingerprint density at radius 2 is 0.891 bits per heavy atom. The van der Waals surface area contributed by atoms with Crippen molar-refractivity contribution in [3.05, 3.63) is 72.9 Å². The Bertz CT molecular complexity index is 1270. The predicted molar refractivity (Wildman–Crippen MR) is 268 cm³/mol. The summed E-state index contributed by atoms with van der Waals surface area (Å²) in [4.78, 5) is 37.0. The molecular weight excluding hydrogens is 799 g/mol. The quantitative estimate of drug-likeness (QED) is 0.0259. The molecule has 0 aromatic carbocycles. The molecule has 0 aromatic rings. The molecule has 0 amide bonds. The highest BCUT2D eigenvalue weighted by molar-refractivity contribution is 5.70.